The maximum atomic E-state index is 13.0. The van der Waals surface area contributed by atoms with Crippen LogP contribution >= 0.6 is 11.3 Å². The standard InChI is InChI=1S/C25H26N2O2S/c1-17-8-5-6-10-21(17)26-24(29)22(16-20-9-7-15-30-20)27-23(28)18-11-13-19(14-12-18)25(2,3)4/h5-16H,1-4H3,(H,26,29)(H,27,28). The molecule has 0 fully saturated rings. The summed E-state index contributed by atoms with van der Waals surface area (Å²) < 4.78 is 0. The highest BCUT2D eigenvalue weighted by Crippen LogP contribution is 2.22. The number of hydrogen-bond acceptors (Lipinski definition) is 3. The Kier molecular flexibility index (Phi) is 6.53. The zero-order valence-electron chi connectivity index (χ0n) is 17.7. The predicted octanol–water partition coefficient (Wildman–Crippen LogP) is 5.76. The minimum Gasteiger partial charge on any atom is -0.320 e. The van der Waals surface area contributed by atoms with E-state index >= 15 is 0 Å². The average Bonchev–Trinajstić information content (AvgIpc) is 3.22. The largest absolute Gasteiger partial charge is 0.320 e. The van der Waals surface area contributed by atoms with Gasteiger partial charge in [-0.2, -0.15) is 0 Å². The number of carbonyl (C=O) groups is 2. The Morgan fingerprint density at radius 3 is 2.23 bits per heavy atom. The summed E-state index contributed by atoms with van der Waals surface area (Å²) in [5.41, 5.74) is 3.51. The highest BCUT2D eigenvalue weighted by molar-refractivity contribution is 7.10. The van der Waals surface area contributed by atoms with Crippen molar-refractivity contribution in [3.63, 3.8) is 0 Å². The van der Waals surface area contributed by atoms with E-state index in [0.29, 0.717) is 11.3 Å². The molecule has 0 aliphatic carbocycles. The van der Waals surface area contributed by atoms with E-state index in [9.17, 15) is 9.59 Å². The topological polar surface area (TPSA) is 58.2 Å². The molecule has 3 rings (SSSR count). The number of para-hydroxylation sites is 1. The molecule has 0 saturated carbocycles. The summed E-state index contributed by atoms with van der Waals surface area (Å²) >= 11 is 1.50. The summed E-state index contributed by atoms with van der Waals surface area (Å²) in [4.78, 5) is 26.7. The molecular formula is C25H26N2O2S. The van der Waals surface area contributed by atoms with E-state index in [0.717, 1.165) is 16.0 Å². The van der Waals surface area contributed by atoms with E-state index in [1.54, 1.807) is 18.2 Å². The third-order valence-corrected chi connectivity index (χ3v) is 5.55. The lowest BCUT2D eigenvalue weighted by atomic mass is 9.87. The fourth-order valence-corrected chi connectivity index (χ4v) is 3.55. The number of rotatable bonds is 5. The fourth-order valence-electron chi connectivity index (χ4n) is 2.89. The smallest absolute Gasteiger partial charge is 0.272 e. The first-order valence-electron chi connectivity index (χ1n) is 9.78. The number of aryl methyl sites for hydroxylation is 1. The molecule has 0 bridgehead atoms. The number of hydrogen-bond donors (Lipinski definition) is 2. The van der Waals surface area contributed by atoms with Gasteiger partial charge < -0.3 is 10.6 Å². The third-order valence-electron chi connectivity index (χ3n) is 4.73. The van der Waals surface area contributed by atoms with Crippen molar-refractivity contribution in [1.29, 1.82) is 0 Å². The SMILES string of the molecule is Cc1ccccc1NC(=O)C(=Cc1cccs1)NC(=O)c1ccc(C(C)(C)C)cc1. The predicted molar refractivity (Wildman–Crippen MR) is 125 cm³/mol. The summed E-state index contributed by atoms with van der Waals surface area (Å²) in [7, 11) is 0. The molecule has 2 N–H and O–H groups in total. The van der Waals surface area contributed by atoms with Gasteiger partial charge in [-0.25, -0.2) is 0 Å². The van der Waals surface area contributed by atoms with Crippen LogP contribution in [0.15, 0.2) is 71.7 Å². The van der Waals surface area contributed by atoms with Crippen LogP contribution in [-0.4, -0.2) is 11.8 Å². The summed E-state index contributed by atoms with van der Waals surface area (Å²) in [6.07, 6.45) is 1.69. The van der Waals surface area contributed by atoms with Gasteiger partial charge in [-0.1, -0.05) is 57.2 Å². The number of anilines is 1. The molecular weight excluding hydrogens is 392 g/mol. The fraction of sp³-hybridized carbons (Fsp3) is 0.200. The van der Waals surface area contributed by atoms with Crippen LogP contribution in [0, 0.1) is 6.92 Å². The maximum Gasteiger partial charge on any atom is 0.272 e. The highest BCUT2D eigenvalue weighted by atomic mass is 32.1. The van der Waals surface area contributed by atoms with Crippen molar-refractivity contribution < 1.29 is 9.59 Å². The van der Waals surface area contributed by atoms with Crippen LogP contribution in [0.4, 0.5) is 5.69 Å². The van der Waals surface area contributed by atoms with Gasteiger partial charge in [0.1, 0.15) is 5.70 Å². The van der Waals surface area contributed by atoms with Gasteiger partial charge in [-0.3, -0.25) is 9.59 Å². The molecule has 0 saturated heterocycles. The summed E-state index contributed by atoms with van der Waals surface area (Å²) in [5.74, 6) is -0.685. The first-order chi connectivity index (χ1) is 14.2. The molecule has 3 aromatic rings. The minimum absolute atomic E-state index is 0.00662. The van der Waals surface area contributed by atoms with Crippen LogP contribution in [-0.2, 0) is 10.2 Å². The van der Waals surface area contributed by atoms with Crippen molar-refractivity contribution in [2.24, 2.45) is 0 Å². The normalized spacial score (nSPS) is 11.8. The van der Waals surface area contributed by atoms with Crippen LogP contribution in [0.2, 0.25) is 0 Å². The Bertz CT molecular complexity index is 1060. The third kappa shape index (κ3) is 5.45. The van der Waals surface area contributed by atoms with Gasteiger partial charge in [0.25, 0.3) is 11.8 Å². The molecule has 0 unspecified atom stereocenters. The molecule has 4 nitrogen and oxygen atoms in total. The van der Waals surface area contributed by atoms with E-state index < -0.39 is 0 Å². The van der Waals surface area contributed by atoms with Crippen LogP contribution in [0.3, 0.4) is 0 Å². The lowest BCUT2D eigenvalue weighted by Crippen LogP contribution is -2.31. The van der Waals surface area contributed by atoms with Crippen molar-refractivity contribution in [3.8, 4) is 0 Å². The van der Waals surface area contributed by atoms with Gasteiger partial charge in [0, 0.05) is 16.1 Å². The second-order valence-electron chi connectivity index (χ2n) is 8.12. The minimum atomic E-state index is -0.364. The van der Waals surface area contributed by atoms with E-state index in [2.05, 4.69) is 31.4 Å². The lowest BCUT2D eigenvalue weighted by molar-refractivity contribution is -0.113. The molecule has 1 heterocycles. The van der Waals surface area contributed by atoms with Crippen molar-refractivity contribution in [2.45, 2.75) is 33.1 Å². The van der Waals surface area contributed by atoms with Crippen LogP contribution in [0.1, 0.15) is 47.1 Å². The van der Waals surface area contributed by atoms with Crippen molar-refractivity contribution in [1.82, 2.24) is 5.32 Å². The van der Waals surface area contributed by atoms with E-state index in [1.165, 1.54) is 11.3 Å². The van der Waals surface area contributed by atoms with Crippen molar-refractivity contribution >= 4 is 34.9 Å². The van der Waals surface area contributed by atoms with Gasteiger partial charge >= 0.3 is 0 Å². The maximum absolute atomic E-state index is 13.0. The van der Waals surface area contributed by atoms with E-state index in [4.69, 9.17) is 0 Å². The van der Waals surface area contributed by atoms with Gasteiger partial charge in [0.2, 0.25) is 0 Å². The monoisotopic (exact) mass is 418 g/mol. The van der Waals surface area contributed by atoms with Gasteiger partial charge in [-0.15, -0.1) is 11.3 Å². The Hall–Kier alpha value is -3.18. The number of nitrogens with one attached hydrogen (secondary N) is 2. The van der Waals surface area contributed by atoms with Crippen LogP contribution in [0.5, 0.6) is 0 Å². The Labute approximate surface area is 181 Å². The molecule has 0 spiro atoms. The second-order valence-corrected chi connectivity index (χ2v) is 9.10. The molecule has 30 heavy (non-hydrogen) atoms. The van der Waals surface area contributed by atoms with E-state index in [1.807, 2.05) is 60.8 Å². The Morgan fingerprint density at radius 1 is 0.933 bits per heavy atom. The van der Waals surface area contributed by atoms with Gasteiger partial charge in [0.05, 0.1) is 0 Å². The van der Waals surface area contributed by atoms with Gasteiger partial charge in [-0.05, 0) is 59.2 Å². The van der Waals surface area contributed by atoms with Crippen LogP contribution in [0.25, 0.3) is 6.08 Å². The molecule has 5 heteroatoms. The summed E-state index contributed by atoms with van der Waals surface area (Å²) in [5, 5.41) is 7.60. The molecule has 0 aliphatic heterocycles. The molecule has 2 amide bonds. The Morgan fingerprint density at radius 2 is 1.63 bits per heavy atom. The van der Waals surface area contributed by atoms with Crippen molar-refractivity contribution in [2.75, 3.05) is 5.32 Å². The Balaban J connectivity index is 1.83. The highest BCUT2D eigenvalue weighted by Gasteiger charge is 2.18. The molecule has 1 aromatic heterocycles. The summed E-state index contributed by atoms with van der Waals surface area (Å²) in [6, 6.07) is 18.8. The van der Waals surface area contributed by atoms with Crippen LogP contribution < -0.4 is 10.6 Å². The quantitative estimate of drug-likeness (QED) is 0.517. The lowest BCUT2D eigenvalue weighted by Gasteiger charge is -2.19. The number of carbonyl (C=O) groups excluding carboxylic acids is 2. The number of amides is 2. The zero-order valence-corrected chi connectivity index (χ0v) is 18.5. The summed E-state index contributed by atoms with van der Waals surface area (Å²) in [6.45, 7) is 8.30. The number of thiophene rings is 1. The first kappa shape index (κ1) is 21.5. The molecule has 0 radical (unpaired) electrons. The molecule has 2 aromatic carbocycles. The molecule has 0 aliphatic rings. The molecule has 0 atom stereocenters. The van der Waals surface area contributed by atoms with E-state index in [-0.39, 0.29) is 22.9 Å². The number of benzene rings is 2. The average molecular weight is 419 g/mol. The van der Waals surface area contributed by atoms with Gasteiger partial charge in [0.15, 0.2) is 0 Å². The zero-order chi connectivity index (χ0) is 21.7. The second kappa shape index (κ2) is 9.09. The molecule has 154 valence electrons. The first-order valence-corrected chi connectivity index (χ1v) is 10.7. The van der Waals surface area contributed by atoms with Crippen molar-refractivity contribution in [3.05, 3.63) is 93.3 Å².